The van der Waals surface area contributed by atoms with E-state index in [-0.39, 0.29) is 5.91 Å². The standard InChI is InChI=1S/C8H9BrN2O2/c1-13-8(9)11-7(12)6-3-2-4-10-5-6/h2-5,8H,1H3,(H,11,12). The molecule has 1 heterocycles. The van der Waals surface area contributed by atoms with E-state index in [9.17, 15) is 4.79 Å². The van der Waals surface area contributed by atoms with E-state index in [4.69, 9.17) is 4.74 Å². The molecule has 0 aliphatic carbocycles. The number of carbonyl (C=O) groups is 1. The highest BCUT2D eigenvalue weighted by atomic mass is 79.9. The molecular weight excluding hydrogens is 236 g/mol. The molecule has 0 aliphatic heterocycles. The lowest BCUT2D eigenvalue weighted by atomic mass is 10.3. The lowest BCUT2D eigenvalue weighted by Crippen LogP contribution is -2.31. The number of methoxy groups -OCH3 is 1. The fraction of sp³-hybridized carbons (Fsp3) is 0.250. The van der Waals surface area contributed by atoms with E-state index in [0.717, 1.165) is 0 Å². The summed E-state index contributed by atoms with van der Waals surface area (Å²) in [6.07, 6.45) is 3.10. The van der Waals surface area contributed by atoms with Gasteiger partial charge in [-0.2, -0.15) is 0 Å². The number of hydrogen-bond donors (Lipinski definition) is 1. The number of rotatable bonds is 3. The molecule has 1 N–H and O–H groups in total. The first kappa shape index (κ1) is 10.1. The summed E-state index contributed by atoms with van der Waals surface area (Å²) >= 11 is 3.10. The van der Waals surface area contributed by atoms with Crippen LogP contribution in [0.2, 0.25) is 0 Å². The molecule has 0 saturated heterocycles. The van der Waals surface area contributed by atoms with E-state index in [1.54, 1.807) is 18.3 Å². The molecular formula is C8H9BrN2O2. The Morgan fingerprint density at radius 1 is 1.77 bits per heavy atom. The molecule has 0 spiro atoms. The Balaban J connectivity index is 2.59. The molecule has 1 atom stereocenters. The van der Waals surface area contributed by atoms with Crippen LogP contribution in [0.3, 0.4) is 0 Å². The van der Waals surface area contributed by atoms with Crippen molar-refractivity contribution < 1.29 is 9.53 Å². The maximum absolute atomic E-state index is 11.4. The van der Waals surface area contributed by atoms with Gasteiger partial charge in [-0.15, -0.1) is 0 Å². The Labute approximate surface area is 84.4 Å². The van der Waals surface area contributed by atoms with E-state index >= 15 is 0 Å². The van der Waals surface area contributed by atoms with E-state index in [1.807, 2.05) is 0 Å². The predicted octanol–water partition coefficient (Wildman–Crippen LogP) is 1.14. The van der Waals surface area contributed by atoms with Crippen molar-refractivity contribution >= 4 is 21.8 Å². The third-order valence-corrected chi connectivity index (χ3v) is 1.98. The van der Waals surface area contributed by atoms with Gasteiger partial charge in [-0.05, 0) is 28.1 Å². The number of amides is 1. The summed E-state index contributed by atoms with van der Waals surface area (Å²) in [6, 6.07) is 3.38. The number of aromatic nitrogens is 1. The van der Waals surface area contributed by atoms with Crippen LogP contribution >= 0.6 is 15.9 Å². The van der Waals surface area contributed by atoms with Crippen molar-refractivity contribution in [2.45, 2.75) is 5.14 Å². The SMILES string of the molecule is COC(Br)NC(=O)c1cccnc1. The first-order valence-corrected chi connectivity index (χ1v) is 4.53. The maximum Gasteiger partial charge on any atom is 0.255 e. The van der Waals surface area contributed by atoms with Crippen molar-refractivity contribution in [2.75, 3.05) is 7.11 Å². The number of carbonyl (C=O) groups excluding carboxylic acids is 1. The van der Waals surface area contributed by atoms with Crippen LogP contribution in [-0.4, -0.2) is 23.1 Å². The number of nitrogens with one attached hydrogen (secondary N) is 1. The second-order valence-electron chi connectivity index (χ2n) is 2.27. The van der Waals surface area contributed by atoms with Gasteiger partial charge in [0.1, 0.15) is 0 Å². The van der Waals surface area contributed by atoms with E-state index in [2.05, 4.69) is 26.2 Å². The first-order chi connectivity index (χ1) is 6.24. The van der Waals surface area contributed by atoms with Gasteiger partial charge in [0.05, 0.1) is 5.56 Å². The number of alkyl halides is 1. The van der Waals surface area contributed by atoms with E-state index < -0.39 is 5.14 Å². The average Bonchev–Trinajstić information content (AvgIpc) is 2.19. The lowest BCUT2D eigenvalue weighted by molar-refractivity contribution is 0.0837. The fourth-order valence-corrected chi connectivity index (χ4v) is 0.950. The zero-order valence-corrected chi connectivity index (χ0v) is 8.61. The second-order valence-corrected chi connectivity index (χ2v) is 3.10. The molecule has 4 nitrogen and oxygen atoms in total. The van der Waals surface area contributed by atoms with Gasteiger partial charge >= 0.3 is 0 Å². The number of nitrogens with zero attached hydrogens (tertiary/aromatic N) is 1. The van der Waals surface area contributed by atoms with Crippen molar-refractivity contribution in [1.29, 1.82) is 0 Å². The molecule has 13 heavy (non-hydrogen) atoms. The Bertz CT molecular complexity index is 279. The highest BCUT2D eigenvalue weighted by Gasteiger charge is 2.08. The molecule has 1 rings (SSSR count). The summed E-state index contributed by atoms with van der Waals surface area (Å²) in [6.45, 7) is 0. The molecule has 0 aliphatic rings. The summed E-state index contributed by atoms with van der Waals surface area (Å²) in [4.78, 5) is 15.2. The van der Waals surface area contributed by atoms with E-state index in [1.165, 1.54) is 13.3 Å². The van der Waals surface area contributed by atoms with Gasteiger partial charge in [0.15, 0.2) is 5.14 Å². The number of ether oxygens (including phenoxy) is 1. The second kappa shape index (κ2) is 4.94. The highest BCUT2D eigenvalue weighted by Crippen LogP contribution is 1.99. The normalized spacial score (nSPS) is 12.2. The number of hydrogen-bond acceptors (Lipinski definition) is 3. The molecule has 0 bridgehead atoms. The molecule has 1 aromatic heterocycles. The van der Waals surface area contributed by atoms with Crippen LogP contribution in [0, 0.1) is 0 Å². The van der Waals surface area contributed by atoms with Crippen LogP contribution in [-0.2, 0) is 4.74 Å². The van der Waals surface area contributed by atoms with Gasteiger partial charge in [0, 0.05) is 19.5 Å². The Morgan fingerprint density at radius 3 is 3.08 bits per heavy atom. The molecule has 1 unspecified atom stereocenters. The highest BCUT2D eigenvalue weighted by molar-refractivity contribution is 9.09. The maximum atomic E-state index is 11.4. The topological polar surface area (TPSA) is 51.2 Å². The molecule has 0 saturated carbocycles. The third-order valence-electron chi connectivity index (χ3n) is 1.38. The summed E-state index contributed by atoms with van der Waals surface area (Å²) in [5.41, 5.74) is 0.504. The predicted molar refractivity (Wildman–Crippen MR) is 51.4 cm³/mol. The van der Waals surface area contributed by atoms with Crippen LogP contribution in [0.1, 0.15) is 10.4 Å². The van der Waals surface area contributed by atoms with Gasteiger partial charge in [-0.25, -0.2) is 0 Å². The van der Waals surface area contributed by atoms with Crippen LogP contribution in [0.4, 0.5) is 0 Å². The number of halogens is 1. The summed E-state index contributed by atoms with van der Waals surface area (Å²) < 4.78 is 4.81. The Hall–Kier alpha value is -0.940. The largest absolute Gasteiger partial charge is 0.352 e. The van der Waals surface area contributed by atoms with Crippen molar-refractivity contribution in [1.82, 2.24) is 10.3 Å². The number of pyridine rings is 1. The fourth-order valence-electron chi connectivity index (χ4n) is 0.742. The zero-order valence-electron chi connectivity index (χ0n) is 7.03. The van der Waals surface area contributed by atoms with Gasteiger partial charge in [0.2, 0.25) is 0 Å². The Morgan fingerprint density at radius 2 is 2.54 bits per heavy atom. The van der Waals surface area contributed by atoms with Gasteiger partial charge in [-0.3, -0.25) is 9.78 Å². The molecule has 1 aromatic rings. The van der Waals surface area contributed by atoms with Crippen molar-refractivity contribution in [2.24, 2.45) is 0 Å². The third kappa shape index (κ3) is 3.12. The van der Waals surface area contributed by atoms with Gasteiger partial charge in [0.25, 0.3) is 5.91 Å². The summed E-state index contributed by atoms with van der Waals surface area (Å²) in [5, 5.41) is 2.09. The van der Waals surface area contributed by atoms with Crippen LogP contribution < -0.4 is 5.32 Å². The minimum absolute atomic E-state index is 0.225. The van der Waals surface area contributed by atoms with Crippen molar-refractivity contribution in [3.8, 4) is 0 Å². The zero-order chi connectivity index (χ0) is 9.68. The lowest BCUT2D eigenvalue weighted by Gasteiger charge is -2.09. The van der Waals surface area contributed by atoms with Crippen molar-refractivity contribution in [3.63, 3.8) is 0 Å². The van der Waals surface area contributed by atoms with Crippen LogP contribution in [0.15, 0.2) is 24.5 Å². The Kier molecular flexibility index (Phi) is 3.85. The molecule has 0 radical (unpaired) electrons. The average molecular weight is 245 g/mol. The smallest absolute Gasteiger partial charge is 0.255 e. The van der Waals surface area contributed by atoms with E-state index in [0.29, 0.717) is 5.56 Å². The quantitative estimate of drug-likeness (QED) is 0.493. The minimum Gasteiger partial charge on any atom is -0.352 e. The summed E-state index contributed by atoms with van der Waals surface area (Å²) in [7, 11) is 1.49. The molecule has 70 valence electrons. The molecule has 0 aromatic carbocycles. The minimum atomic E-state index is -0.472. The van der Waals surface area contributed by atoms with Crippen molar-refractivity contribution in [3.05, 3.63) is 30.1 Å². The molecule has 1 amide bonds. The van der Waals surface area contributed by atoms with Gasteiger partial charge in [-0.1, -0.05) is 0 Å². The monoisotopic (exact) mass is 244 g/mol. The molecule has 0 fully saturated rings. The van der Waals surface area contributed by atoms with Crippen LogP contribution in [0.5, 0.6) is 0 Å². The van der Waals surface area contributed by atoms with Crippen LogP contribution in [0.25, 0.3) is 0 Å². The molecule has 5 heteroatoms. The summed E-state index contributed by atoms with van der Waals surface area (Å²) in [5.74, 6) is -0.225. The van der Waals surface area contributed by atoms with Gasteiger partial charge < -0.3 is 10.1 Å². The first-order valence-electron chi connectivity index (χ1n) is 3.62.